The smallest absolute Gasteiger partial charge is 0.252 e. The average molecular weight is 1800 g/mol. The van der Waals surface area contributed by atoms with Crippen molar-refractivity contribution in [2.75, 3.05) is 14.7 Å². The second kappa shape index (κ2) is 33.8. The Bertz CT molecular complexity index is 8450. The second-order valence-electron chi connectivity index (χ2n) is 44.7. The van der Waals surface area contributed by atoms with Gasteiger partial charge < -0.3 is 28.4 Å². The van der Waals surface area contributed by atoms with E-state index in [-0.39, 0.29) is 69.6 Å². The van der Waals surface area contributed by atoms with Crippen LogP contribution in [0.25, 0.3) is 116 Å². The van der Waals surface area contributed by atoms with E-state index >= 15 is 0 Å². The monoisotopic (exact) mass is 1800 g/mol. The van der Waals surface area contributed by atoms with E-state index in [2.05, 4.69) is 415 Å². The van der Waals surface area contributed by atoms with E-state index in [9.17, 15) is 8.22 Å². The van der Waals surface area contributed by atoms with Crippen LogP contribution >= 0.6 is 0 Å². The van der Waals surface area contributed by atoms with Crippen molar-refractivity contribution >= 4 is 128 Å². The highest BCUT2D eigenvalue weighted by atomic mass is 15.2. The van der Waals surface area contributed by atoms with Gasteiger partial charge in [0.2, 0.25) is 0 Å². The highest BCUT2D eigenvalue weighted by Crippen LogP contribution is 2.51. The van der Waals surface area contributed by atoms with Crippen LogP contribution in [0.5, 0.6) is 0 Å². The lowest BCUT2D eigenvalue weighted by Crippen LogP contribution is -2.62. The third-order valence-corrected chi connectivity index (χ3v) is 29.4. The largest absolute Gasteiger partial charge is 0.340 e. The van der Waals surface area contributed by atoms with E-state index in [1.165, 1.54) is 66.0 Å². The maximum Gasteiger partial charge on any atom is 0.252 e. The Kier molecular flexibility index (Phi) is 19.3. The van der Waals surface area contributed by atoms with Crippen LogP contribution in [0.4, 0.5) is 39.8 Å². The summed E-state index contributed by atoms with van der Waals surface area (Å²) in [6.07, 6.45) is 0.347. The van der Waals surface area contributed by atoms with Gasteiger partial charge in [-0.1, -0.05) is 367 Å². The van der Waals surface area contributed by atoms with Crippen molar-refractivity contribution in [1.82, 2.24) is 13.7 Å². The molecule has 2 aliphatic heterocycles. The van der Waals surface area contributed by atoms with Crippen molar-refractivity contribution in [3.63, 3.8) is 0 Å². The number of rotatable bonds is 17. The van der Waals surface area contributed by atoms with Crippen LogP contribution < -0.4 is 31.1 Å². The summed E-state index contributed by atoms with van der Waals surface area (Å²) in [4.78, 5) is 7.03. The zero-order chi connectivity index (χ0) is 103. The molecular weight excluding hydrogens is 1670 g/mol. The van der Waals surface area contributed by atoms with Crippen LogP contribution in [0.2, 0.25) is 0 Å². The maximum atomic E-state index is 10.2. The molecule has 0 saturated carbocycles. The Hall–Kier alpha value is -14.4. The molecular formula is C131H125BN6. The van der Waals surface area contributed by atoms with Gasteiger partial charge in [0.15, 0.2) is 0 Å². The summed E-state index contributed by atoms with van der Waals surface area (Å²) in [5.74, 6) is 0. The molecule has 22 rings (SSSR count). The molecule has 0 unspecified atom stereocenters. The second-order valence-corrected chi connectivity index (χ2v) is 44.7. The first-order valence-electron chi connectivity index (χ1n) is 53.6. The lowest BCUT2D eigenvalue weighted by Gasteiger charge is -2.45. The number of benzene rings is 17. The summed E-state index contributed by atoms with van der Waals surface area (Å²) in [7, 11) is 0. The molecule has 0 N–H and O–H groups in total. The van der Waals surface area contributed by atoms with Crippen molar-refractivity contribution in [3.8, 4) is 50.2 Å². The minimum atomic E-state index is -0.519. The molecule has 0 fully saturated rings. The number of nitrogens with zero attached hydrogens (tertiary/aromatic N) is 6. The Morgan fingerprint density at radius 1 is 0.268 bits per heavy atom. The number of para-hydroxylation sites is 3. The number of anilines is 7. The van der Waals surface area contributed by atoms with Crippen LogP contribution in [0.3, 0.4) is 0 Å². The maximum absolute atomic E-state index is 10.2. The molecule has 2 aliphatic rings. The zero-order valence-electron chi connectivity index (χ0n) is 91.8. The molecule has 138 heavy (non-hydrogen) atoms. The Morgan fingerprint density at radius 3 is 1.08 bits per heavy atom. The van der Waals surface area contributed by atoms with Crippen molar-refractivity contribution in [1.29, 1.82) is 0 Å². The first-order chi connectivity index (χ1) is 69.9. The molecule has 0 saturated heterocycles. The molecule has 0 atom stereocenters. The van der Waals surface area contributed by atoms with Gasteiger partial charge in [-0.05, 0) is 283 Å². The predicted octanol–water partition coefficient (Wildman–Crippen LogP) is 33.0. The van der Waals surface area contributed by atoms with Gasteiger partial charge in [0, 0.05) is 126 Å². The van der Waals surface area contributed by atoms with E-state index in [4.69, 9.17) is 4.11 Å². The molecule has 6 nitrogen and oxygen atoms in total. The number of hydrogen-bond acceptors (Lipinski definition) is 3. The van der Waals surface area contributed by atoms with Crippen LogP contribution in [-0.2, 0) is 65.1 Å². The van der Waals surface area contributed by atoms with Gasteiger partial charge >= 0.3 is 0 Å². The van der Waals surface area contributed by atoms with Gasteiger partial charge in [-0.15, -0.1) is 0 Å². The zero-order valence-corrected chi connectivity index (χ0v) is 82.8. The Balaban J connectivity index is 0.860. The first kappa shape index (κ1) is 78.7. The molecule has 682 valence electrons. The van der Waals surface area contributed by atoms with E-state index < -0.39 is 36.3 Å². The van der Waals surface area contributed by atoms with Gasteiger partial charge in [0.1, 0.15) is 0 Å². The molecule has 0 bridgehead atoms. The van der Waals surface area contributed by atoms with Gasteiger partial charge in [0.05, 0.1) is 23.4 Å². The summed E-state index contributed by atoms with van der Waals surface area (Å²) >= 11 is 0. The van der Waals surface area contributed by atoms with E-state index in [1.807, 2.05) is 48.5 Å². The van der Waals surface area contributed by atoms with E-state index in [1.54, 1.807) is 4.90 Å². The standard InChI is InChI=1S/C131H125BN6/c1-126(2,3)91-54-62-117-106(72-91)107-73-92(127(4,5)6)55-63-118(107)134(117)82-86-53-60-113-121(71-86)135(83-111-102(87-39-25-19-26-40-87)76-95(130(13,14)15)77-103(111)88-41-27-20-28-42-88)123-69-85(67-68-133-115-52-38-37-51-101(115)110-80-99(59-66-116(110)133)137(97-47-33-23-34-48-97)98-49-35-24-36-50-98)70-124-125(123)132(113)114-61-58-100(138-119-64-56-93(128(7,8)9)74-108(119)109-75-94(129(10,11)12)57-65-120(109)138)81-122(114)136(124)84-112-104(89-43-29-21-30-44-89)78-96(131(16,17)18)79-105(112)90-45-31-22-32-46-90/h19-66,69-81H,67-68,82-84H2,1-18H3/i23D,33D,34D,37D,38D,47D,48D,51D,52D. The third-order valence-electron chi connectivity index (χ3n) is 29.4. The van der Waals surface area contributed by atoms with Crippen LogP contribution in [0, 0.1) is 0 Å². The predicted molar refractivity (Wildman–Crippen MR) is 593 cm³/mol. The van der Waals surface area contributed by atoms with Crippen LogP contribution in [0.1, 0.15) is 193 Å². The summed E-state index contributed by atoms with van der Waals surface area (Å²) < 4.78 is 92.5. The minimum absolute atomic E-state index is 0.0655. The summed E-state index contributed by atoms with van der Waals surface area (Å²) in [5, 5.41) is 5.65. The van der Waals surface area contributed by atoms with Crippen LogP contribution in [0.15, 0.2) is 370 Å². The Morgan fingerprint density at radius 2 is 0.638 bits per heavy atom. The molecule has 0 aliphatic carbocycles. The minimum Gasteiger partial charge on any atom is -0.340 e. The molecule has 3 aromatic heterocycles. The summed E-state index contributed by atoms with van der Waals surface area (Å²) in [6, 6.07) is 114. The van der Waals surface area contributed by atoms with Crippen LogP contribution in [-0.4, -0.2) is 20.4 Å². The van der Waals surface area contributed by atoms with Crippen molar-refractivity contribution in [3.05, 3.63) is 425 Å². The van der Waals surface area contributed by atoms with E-state index in [0.717, 1.165) is 123 Å². The molecule has 5 heterocycles. The quantitative estimate of drug-likeness (QED) is 0.0850. The highest BCUT2D eigenvalue weighted by molar-refractivity contribution is 7.00. The molecule has 20 aromatic rings. The fourth-order valence-electron chi connectivity index (χ4n) is 21.7. The van der Waals surface area contributed by atoms with Crippen molar-refractivity contribution in [2.45, 2.75) is 190 Å². The molecule has 0 amide bonds. The number of hydrogen-bond donors (Lipinski definition) is 0. The lowest BCUT2D eigenvalue weighted by atomic mass is 9.33. The SMILES string of the molecule is [2H]c1c([2H])c([2H])c(N(c2ccccc2)c2ccc3c(c2)c2c([2H])c([2H])c([2H])c([2H])c2n3CCc2cc3c4c(c2)N(Cc2c(-c5ccccc5)cc(C(C)(C)C)cc2-c2ccccc2)c2cc(-n5c6ccc(C(C)(C)C)cc6c6cc(C(C)(C)C)ccc65)ccc2B4c2ccc(Cn4c5ccc(C(C)(C)C)cc5c5cc(C(C)(C)C)ccc54)cc2N3Cc2c(-c3ccccc3)cc(C(C)(C)C)cc2-c2ccccc2)c([2H])c1[2H]. The van der Waals surface area contributed by atoms with Gasteiger partial charge in [-0.25, -0.2) is 0 Å². The average Bonchev–Trinajstić information content (AvgIpc) is 1.28. The number of fused-ring (bicyclic) bond motifs is 13. The van der Waals surface area contributed by atoms with Crippen molar-refractivity contribution < 1.29 is 12.3 Å². The van der Waals surface area contributed by atoms with Gasteiger partial charge in [0.25, 0.3) is 6.71 Å². The van der Waals surface area contributed by atoms with Crippen molar-refractivity contribution in [2.24, 2.45) is 0 Å². The summed E-state index contributed by atoms with van der Waals surface area (Å²) in [6.45, 7) is 42.8. The fraction of sp³-hybridized carbons (Fsp3) is 0.221. The molecule has 0 radical (unpaired) electrons. The molecule has 17 aromatic carbocycles. The van der Waals surface area contributed by atoms with Gasteiger partial charge in [-0.3, -0.25) is 0 Å². The number of aromatic nitrogens is 3. The normalized spacial score (nSPS) is 14.0. The van der Waals surface area contributed by atoms with Gasteiger partial charge in [-0.2, -0.15) is 0 Å². The topological polar surface area (TPSA) is 24.5 Å². The molecule has 7 heteroatoms. The third kappa shape index (κ3) is 16.0. The lowest BCUT2D eigenvalue weighted by molar-refractivity contribution is 0.590. The number of aryl methyl sites for hydroxylation is 2. The Labute approximate surface area is 829 Å². The first-order valence-corrected chi connectivity index (χ1v) is 49.1. The summed E-state index contributed by atoms with van der Waals surface area (Å²) in [5.41, 5.74) is 34.9. The highest BCUT2D eigenvalue weighted by Gasteiger charge is 2.45. The molecule has 0 spiro atoms. The fourth-order valence-corrected chi connectivity index (χ4v) is 21.7. The van der Waals surface area contributed by atoms with E-state index in [0.29, 0.717) is 59.2 Å².